The lowest BCUT2D eigenvalue weighted by Gasteiger charge is -2.30. The van der Waals surface area contributed by atoms with Crippen LogP contribution in [0.25, 0.3) is 0 Å². The molecule has 1 atom stereocenters. The van der Waals surface area contributed by atoms with Gasteiger partial charge in [-0.2, -0.15) is 0 Å². The first-order valence-electron chi connectivity index (χ1n) is 11.5. The molecule has 1 heterocycles. The second-order valence-electron chi connectivity index (χ2n) is 9.64. The molecule has 1 unspecified atom stereocenters. The Kier molecular flexibility index (Phi) is 6.40. The molecule has 174 valence electrons. The number of hydrogen-bond donors (Lipinski definition) is 4. The normalized spacial score (nSPS) is 22.1. The van der Waals surface area contributed by atoms with Gasteiger partial charge in [0.25, 0.3) is 0 Å². The van der Waals surface area contributed by atoms with E-state index in [1.54, 1.807) is 0 Å². The summed E-state index contributed by atoms with van der Waals surface area (Å²) in [6.07, 6.45) is 3.90. The topological polar surface area (TPSA) is 108 Å². The van der Waals surface area contributed by atoms with Gasteiger partial charge in [-0.25, -0.2) is 4.79 Å². The average molecular weight is 450 g/mol. The number of carboxylic acid groups (broad SMARTS) is 1. The molecular formula is C26H31N3O4. The van der Waals surface area contributed by atoms with Crippen LogP contribution in [0, 0.1) is 5.92 Å². The fraction of sp³-hybridized carbons (Fsp3) is 0.423. The molecule has 2 aromatic rings. The minimum absolute atomic E-state index is 0.0465. The number of carbonyl (C=O) groups excluding carboxylic acids is 2. The summed E-state index contributed by atoms with van der Waals surface area (Å²) in [6, 6.07) is 15.7. The minimum Gasteiger partial charge on any atom is -0.480 e. The van der Waals surface area contributed by atoms with E-state index in [-0.39, 0.29) is 23.8 Å². The van der Waals surface area contributed by atoms with Crippen LogP contribution in [0.5, 0.6) is 0 Å². The van der Waals surface area contributed by atoms with E-state index >= 15 is 0 Å². The van der Waals surface area contributed by atoms with Crippen molar-refractivity contribution in [1.82, 2.24) is 5.32 Å². The van der Waals surface area contributed by atoms with Crippen molar-refractivity contribution in [2.45, 2.75) is 63.5 Å². The largest absolute Gasteiger partial charge is 0.480 e. The van der Waals surface area contributed by atoms with Crippen LogP contribution in [0.3, 0.4) is 0 Å². The Morgan fingerprint density at radius 3 is 2.24 bits per heavy atom. The van der Waals surface area contributed by atoms with Crippen LogP contribution in [0.2, 0.25) is 0 Å². The number of nitrogens with one attached hydrogen (secondary N) is 3. The molecule has 2 aliphatic rings. The Balaban J connectivity index is 1.27. The smallest absolute Gasteiger partial charge is 0.328 e. The number of rotatable bonds is 6. The summed E-state index contributed by atoms with van der Waals surface area (Å²) in [5.41, 5.74) is 2.88. The van der Waals surface area contributed by atoms with Gasteiger partial charge in [0.2, 0.25) is 11.8 Å². The lowest BCUT2D eigenvalue weighted by molar-refractivity contribution is -0.146. The quantitative estimate of drug-likeness (QED) is 0.535. The maximum absolute atomic E-state index is 12.7. The van der Waals surface area contributed by atoms with E-state index in [0.717, 1.165) is 42.6 Å². The maximum Gasteiger partial charge on any atom is 0.328 e. The number of para-hydroxylation sites is 1. The van der Waals surface area contributed by atoms with Crippen molar-refractivity contribution >= 4 is 29.2 Å². The molecule has 4 rings (SSSR count). The van der Waals surface area contributed by atoms with E-state index in [1.807, 2.05) is 48.5 Å². The molecule has 2 aromatic carbocycles. The van der Waals surface area contributed by atoms with Crippen LogP contribution >= 0.6 is 0 Å². The highest BCUT2D eigenvalue weighted by Crippen LogP contribution is 2.36. The van der Waals surface area contributed by atoms with Gasteiger partial charge in [0, 0.05) is 23.7 Å². The average Bonchev–Trinajstić information content (AvgIpc) is 3.24. The molecule has 7 heteroatoms. The van der Waals surface area contributed by atoms with Gasteiger partial charge in [-0.15, -0.1) is 0 Å². The zero-order chi connectivity index (χ0) is 23.6. The van der Waals surface area contributed by atoms with Crippen molar-refractivity contribution < 1.29 is 19.5 Å². The van der Waals surface area contributed by atoms with Crippen molar-refractivity contribution in [3.63, 3.8) is 0 Å². The third-order valence-corrected chi connectivity index (χ3v) is 6.81. The number of fused-ring (bicyclic) bond motifs is 1. The number of anilines is 2. The summed E-state index contributed by atoms with van der Waals surface area (Å²) in [5, 5.41) is 18.1. The highest BCUT2D eigenvalue weighted by molar-refractivity contribution is 5.98. The third kappa shape index (κ3) is 5.18. The second-order valence-corrected chi connectivity index (χ2v) is 9.64. The van der Waals surface area contributed by atoms with Crippen molar-refractivity contribution in [2.75, 3.05) is 10.6 Å². The van der Waals surface area contributed by atoms with E-state index in [0.29, 0.717) is 12.3 Å². The van der Waals surface area contributed by atoms with Gasteiger partial charge in [-0.1, -0.05) is 30.3 Å². The first-order valence-corrected chi connectivity index (χ1v) is 11.5. The molecular weight excluding hydrogens is 418 g/mol. The molecule has 1 saturated carbocycles. The molecule has 0 radical (unpaired) electrons. The van der Waals surface area contributed by atoms with E-state index in [1.165, 1.54) is 19.4 Å². The van der Waals surface area contributed by atoms with Crippen LogP contribution in [-0.4, -0.2) is 34.5 Å². The monoisotopic (exact) mass is 449 g/mol. The molecule has 7 nitrogen and oxygen atoms in total. The van der Waals surface area contributed by atoms with Crippen LogP contribution < -0.4 is 16.0 Å². The SMILES string of the molecule is CC(C)(NC(=O)C1CCC(c2ccc(NC(=O)C3Cc4ccccc4N3)cc2)CC1)C(=O)O. The summed E-state index contributed by atoms with van der Waals surface area (Å²) in [7, 11) is 0. The zero-order valence-electron chi connectivity index (χ0n) is 19.1. The van der Waals surface area contributed by atoms with Gasteiger partial charge in [0.1, 0.15) is 11.6 Å². The van der Waals surface area contributed by atoms with Gasteiger partial charge in [-0.3, -0.25) is 9.59 Å². The van der Waals surface area contributed by atoms with Gasteiger partial charge in [-0.05, 0) is 74.8 Å². The minimum atomic E-state index is -1.26. The van der Waals surface area contributed by atoms with E-state index in [2.05, 4.69) is 16.0 Å². The summed E-state index contributed by atoms with van der Waals surface area (Å²) < 4.78 is 0. The molecule has 0 saturated heterocycles. The lowest BCUT2D eigenvalue weighted by Crippen LogP contribution is -2.51. The number of amides is 2. The number of benzene rings is 2. The molecule has 1 aliphatic heterocycles. The highest BCUT2D eigenvalue weighted by atomic mass is 16.4. The number of carbonyl (C=O) groups is 3. The second kappa shape index (κ2) is 9.25. The lowest BCUT2D eigenvalue weighted by atomic mass is 9.78. The first kappa shape index (κ1) is 22.8. The molecule has 0 bridgehead atoms. The van der Waals surface area contributed by atoms with Gasteiger partial charge in [0.05, 0.1) is 0 Å². The predicted molar refractivity (Wildman–Crippen MR) is 127 cm³/mol. The Labute approximate surface area is 194 Å². The van der Waals surface area contributed by atoms with Crippen molar-refractivity contribution in [3.05, 3.63) is 59.7 Å². The van der Waals surface area contributed by atoms with Crippen LogP contribution in [0.1, 0.15) is 56.6 Å². The summed E-state index contributed by atoms with van der Waals surface area (Å²) in [5.74, 6) is -1.06. The fourth-order valence-corrected chi connectivity index (χ4v) is 4.68. The molecule has 2 amide bonds. The van der Waals surface area contributed by atoms with E-state index in [9.17, 15) is 19.5 Å². The molecule has 1 aliphatic carbocycles. The van der Waals surface area contributed by atoms with Gasteiger partial charge >= 0.3 is 5.97 Å². The Bertz CT molecular complexity index is 1010. The van der Waals surface area contributed by atoms with E-state index < -0.39 is 11.5 Å². The zero-order valence-corrected chi connectivity index (χ0v) is 19.1. The van der Waals surface area contributed by atoms with Crippen LogP contribution in [-0.2, 0) is 20.8 Å². The Morgan fingerprint density at radius 2 is 1.61 bits per heavy atom. The molecule has 4 N–H and O–H groups in total. The first-order chi connectivity index (χ1) is 15.7. The number of carboxylic acids is 1. The standard InChI is InChI=1S/C26H31N3O4/c1-26(2,25(32)33)29-23(30)18-9-7-16(8-10-18)17-11-13-20(14-12-17)27-24(31)22-15-19-5-3-4-6-21(19)28-22/h3-6,11-14,16,18,22,28H,7-10,15H2,1-2H3,(H,27,31)(H,29,30)(H,32,33). The summed E-state index contributed by atoms with van der Waals surface area (Å²) in [4.78, 5) is 36.4. The molecule has 0 aromatic heterocycles. The summed E-state index contributed by atoms with van der Waals surface area (Å²) >= 11 is 0. The molecule has 0 spiro atoms. The Hall–Kier alpha value is -3.35. The van der Waals surface area contributed by atoms with Crippen molar-refractivity contribution in [1.29, 1.82) is 0 Å². The Morgan fingerprint density at radius 1 is 0.939 bits per heavy atom. The number of hydrogen-bond acceptors (Lipinski definition) is 4. The van der Waals surface area contributed by atoms with Gasteiger partial charge < -0.3 is 21.1 Å². The van der Waals surface area contributed by atoms with E-state index in [4.69, 9.17) is 0 Å². The maximum atomic E-state index is 12.7. The molecule has 33 heavy (non-hydrogen) atoms. The third-order valence-electron chi connectivity index (χ3n) is 6.81. The highest BCUT2D eigenvalue weighted by Gasteiger charge is 2.34. The van der Waals surface area contributed by atoms with Gasteiger partial charge in [0.15, 0.2) is 0 Å². The predicted octanol–water partition coefficient (Wildman–Crippen LogP) is 3.92. The fourth-order valence-electron chi connectivity index (χ4n) is 4.68. The summed E-state index contributed by atoms with van der Waals surface area (Å²) in [6.45, 7) is 3.00. The van der Waals surface area contributed by atoms with Crippen LogP contribution in [0.15, 0.2) is 48.5 Å². The van der Waals surface area contributed by atoms with Crippen LogP contribution in [0.4, 0.5) is 11.4 Å². The van der Waals surface area contributed by atoms with Crippen molar-refractivity contribution in [3.8, 4) is 0 Å². The van der Waals surface area contributed by atoms with Crippen molar-refractivity contribution in [2.24, 2.45) is 5.92 Å². The molecule has 1 fully saturated rings. The number of aliphatic carboxylic acids is 1.